The van der Waals surface area contributed by atoms with Crippen LogP contribution in [0.3, 0.4) is 0 Å². The molecule has 27 heavy (non-hydrogen) atoms. The van der Waals surface area contributed by atoms with E-state index in [2.05, 4.69) is 19.1 Å². The molecule has 0 N–H and O–H groups in total. The molecule has 3 rings (SSSR count). The van der Waals surface area contributed by atoms with Gasteiger partial charge in [-0.3, -0.25) is 14.5 Å². The number of carbonyl (C=O) groups is 3. The number of rotatable bonds is 5. The summed E-state index contributed by atoms with van der Waals surface area (Å²) in [5.41, 5.74) is 2.30. The van der Waals surface area contributed by atoms with Gasteiger partial charge >= 0.3 is 6.03 Å². The fourth-order valence-electron chi connectivity index (χ4n) is 4.14. The number of carbonyl (C=O) groups excluding carboxylic acids is 3. The number of imide groups is 1. The van der Waals surface area contributed by atoms with Crippen LogP contribution in [0.25, 0.3) is 0 Å². The lowest BCUT2D eigenvalue weighted by atomic mass is 9.93. The summed E-state index contributed by atoms with van der Waals surface area (Å²) in [4.78, 5) is 42.1. The van der Waals surface area contributed by atoms with Gasteiger partial charge in [-0.2, -0.15) is 0 Å². The van der Waals surface area contributed by atoms with Crippen LogP contribution in [0.2, 0.25) is 0 Å². The number of hydrogen-bond acceptors (Lipinski definition) is 3. The Labute approximate surface area is 161 Å². The number of urea groups is 1. The molecule has 2 fully saturated rings. The predicted octanol–water partition coefficient (Wildman–Crippen LogP) is 2.94. The van der Waals surface area contributed by atoms with Crippen molar-refractivity contribution in [3.63, 3.8) is 0 Å². The zero-order valence-electron chi connectivity index (χ0n) is 16.5. The largest absolute Gasteiger partial charge is 0.335 e. The lowest BCUT2D eigenvalue weighted by Crippen LogP contribution is -2.44. The van der Waals surface area contributed by atoms with Crippen molar-refractivity contribution in [2.24, 2.45) is 0 Å². The summed E-state index contributed by atoms with van der Waals surface area (Å²) in [6.07, 6.45) is 5.53. The van der Waals surface area contributed by atoms with Crippen molar-refractivity contribution in [2.45, 2.75) is 64.1 Å². The first-order valence-corrected chi connectivity index (χ1v) is 9.78. The van der Waals surface area contributed by atoms with Crippen LogP contribution >= 0.6 is 0 Å². The molecule has 4 amide bonds. The molecule has 0 radical (unpaired) electrons. The van der Waals surface area contributed by atoms with Crippen LogP contribution < -0.4 is 0 Å². The number of aryl methyl sites for hydroxylation is 1. The van der Waals surface area contributed by atoms with Crippen LogP contribution in [0.15, 0.2) is 24.3 Å². The third kappa shape index (κ3) is 3.99. The van der Waals surface area contributed by atoms with Gasteiger partial charge in [-0.25, -0.2) is 4.79 Å². The van der Waals surface area contributed by atoms with E-state index in [1.165, 1.54) is 18.4 Å². The Bertz CT molecular complexity index is 727. The second-order valence-corrected chi connectivity index (χ2v) is 7.75. The van der Waals surface area contributed by atoms with E-state index >= 15 is 0 Å². The van der Waals surface area contributed by atoms with E-state index in [1.54, 1.807) is 7.05 Å². The maximum absolute atomic E-state index is 13.2. The number of likely N-dealkylation sites (N-methyl/N-ethyl adjacent to an activating group) is 2. The summed E-state index contributed by atoms with van der Waals surface area (Å²) in [7, 11) is 3.06. The molecule has 6 nitrogen and oxygen atoms in total. The van der Waals surface area contributed by atoms with Crippen molar-refractivity contribution in [1.29, 1.82) is 0 Å². The number of hydrogen-bond donors (Lipinski definition) is 0. The normalized spacial score (nSPS) is 21.1. The van der Waals surface area contributed by atoms with E-state index in [4.69, 9.17) is 0 Å². The summed E-state index contributed by atoms with van der Waals surface area (Å²) in [5.74, 6) is -0.339. The molecule has 1 heterocycles. The molecule has 1 saturated carbocycles. The molecule has 0 bridgehead atoms. The molecule has 146 valence electrons. The van der Waals surface area contributed by atoms with Gasteiger partial charge in [0.15, 0.2) is 0 Å². The average molecular weight is 371 g/mol. The van der Waals surface area contributed by atoms with Crippen LogP contribution in [0.4, 0.5) is 4.79 Å². The molecule has 2 aliphatic rings. The molecule has 1 atom stereocenters. The van der Waals surface area contributed by atoms with Crippen molar-refractivity contribution in [2.75, 3.05) is 14.1 Å². The second-order valence-electron chi connectivity index (χ2n) is 7.75. The highest BCUT2D eigenvalue weighted by molar-refractivity contribution is 6.05. The van der Waals surface area contributed by atoms with Crippen molar-refractivity contribution in [1.82, 2.24) is 14.7 Å². The molecular weight excluding hydrogens is 342 g/mol. The number of nitrogens with zero attached hydrogens (tertiary/aromatic N) is 3. The zero-order valence-corrected chi connectivity index (χ0v) is 16.5. The van der Waals surface area contributed by atoms with Gasteiger partial charge in [0.05, 0.1) is 6.42 Å². The third-order valence-electron chi connectivity index (χ3n) is 5.98. The Morgan fingerprint density at radius 2 is 1.78 bits per heavy atom. The van der Waals surface area contributed by atoms with Crippen LogP contribution in [-0.4, -0.2) is 58.7 Å². The van der Waals surface area contributed by atoms with Crippen LogP contribution in [0.5, 0.6) is 0 Å². The van der Waals surface area contributed by atoms with Crippen molar-refractivity contribution >= 4 is 17.8 Å². The van der Waals surface area contributed by atoms with Crippen LogP contribution in [0.1, 0.15) is 49.7 Å². The zero-order chi connectivity index (χ0) is 19.6. The molecule has 1 aliphatic carbocycles. The molecule has 0 aromatic heterocycles. The van der Waals surface area contributed by atoms with Gasteiger partial charge in [-0.05, 0) is 30.9 Å². The Hall–Kier alpha value is -2.37. The highest BCUT2D eigenvalue weighted by atomic mass is 16.2. The first kappa shape index (κ1) is 19.4. The first-order valence-electron chi connectivity index (χ1n) is 9.78. The Kier molecular flexibility index (Phi) is 5.82. The Morgan fingerprint density at radius 1 is 1.11 bits per heavy atom. The fourth-order valence-corrected chi connectivity index (χ4v) is 4.14. The monoisotopic (exact) mass is 371 g/mol. The molecule has 0 unspecified atom stereocenters. The minimum atomic E-state index is -0.696. The first-order chi connectivity index (χ1) is 12.9. The van der Waals surface area contributed by atoms with Gasteiger partial charge in [-0.15, -0.1) is 0 Å². The van der Waals surface area contributed by atoms with E-state index < -0.39 is 6.04 Å². The molecular formula is C21H29N3O3. The minimum absolute atomic E-state index is 0.0431. The summed E-state index contributed by atoms with van der Waals surface area (Å²) in [6.45, 7) is 2.62. The van der Waals surface area contributed by atoms with Crippen molar-refractivity contribution < 1.29 is 14.4 Å². The third-order valence-corrected chi connectivity index (χ3v) is 5.98. The minimum Gasteiger partial charge on any atom is -0.335 e. The van der Waals surface area contributed by atoms with Crippen LogP contribution in [0, 0.1) is 6.92 Å². The molecule has 6 heteroatoms. The second kappa shape index (κ2) is 8.11. The van der Waals surface area contributed by atoms with E-state index in [0.29, 0.717) is 6.54 Å². The van der Waals surface area contributed by atoms with Gasteiger partial charge in [0, 0.05) is 26.7 Å². The molecule has 1 aliphatic heterocycles. The lowest BCUT2D eigenvalue weighted by Gasteiger charge is -2.35. The van der Waals surface area contributed by atoms with Gasteiger partial charge in [0.2, 0.25) is 5.91 Å². The topological polar surface area (TPSA) is 60.9 Å². The summed E-state index contributed by atoms with van der Waals surface area (Å²) >= 11 is 0. The van der Waals surface area contributed by atoms with Crippen molar-refractivity contribution in [3.05, 3.63) is 35.4 Å². The van der Waals surface area contributed by atoms with Gasteiger partial charge in [-0.1, -0.05) is 43.5 Å². The summed E-state index contributed by atoms with van der Waals surface area (Å²) in [6, 6.07) is 7.27. The quantitative estimate of drug-likeness (QED) is 0.748. The Morgan fingerprint density at radius 3 is 2.37 bits per heavy atom. The van der Waals surface area contributed by atoms with E-state index in [9.17, 15) is 14.4 Å². The maximum atomic E-state index is 13.2. The van der Waals surface area contributed by atoms with Crippen LogP contribution in [-0.2, 0) is 16.1 Å². The van der Waals surface area contributed by atoms with E-state index in [0.717, 1.165) is 41.7 Å². The predicted molar refractivity (Wildman–Crippen MR) is 103 cm³/mol. The molecule has 0 spiro atoms. The number of amides is 4. The number of benzene rings is 1. The lowest BCUT2D eigenvalue weighted by molar-refractivity contribution is -0.139. The van der Waals surface area contributed by atoms with Gasteiger partial charge in [0.1, 0.15) is 6.04 Å². The molecule has 1 saturated heterocycles. The maximum Gasteiger partial charge on any atom is 0.326 e. The highest BCUT2D eigenvalue weighted by Gasteiger charge is 2.42. The molecule has 1 aromatic carbocycles. The highest BCUT2D eigenvalue weighted by Crippen LogP contribution is 2.27. The summed E-state index contributed by atoms with van der Waals surface area (Å²) in [5, 5.41) is 0. The Balaban J connectivity index is 1.79. The van der Waals surface area contributed by atoms with E-state index in [-0.39, 0.29) is 30.3 Å². The standard InChI is InChI=1S/C21H29N3O3/c1-15-9-7-8-10-16(15)14-24(17-11-5-4-6-12-17)19(25)13-18-20(26)23(3)21(27)22(18)2/h7-10,17-18H,4-6,11-14H2,1-3H3/t18-/m1/s1. The van der Waals surface area contributed by atoms with Crippen molar-refractivity contribution in [3.8, 4) is 0 Å². The molecule has 1 aromatic rings. The SMILES string of the molecule is Cc1ccccc1CN(C(=O)C[C@@H]1C(=O)N(C)C(=O)N1C)C1CCCCC1. The van der Waals surface area contributed by atoms with Gasteiger partial charge in [0.25, 0.3) is 5.91 Å². The smallest absolute Gasteiger partial charge is 0.326 e. The summed E-state index contributed by atoms with van der Waals surface area (Å²) < 4.78 is 0. The van der Waals surface area contributed by atoms with Gasteiger partial charge < -0.3 is 9.80 Å². The fraction of sp³-hybridized carbons (Fsp3) is 0.571. The van der Waals surface area contributed by atoms with E-state index in [1.807, 2.05) is 17.0 Å². The average Bonchev–Trinajstić information content (AvgIpc) is 2.86.